The Morgan fingerprint density at radius 3 is 2.92 bits per heavy atom. The molecule has 124 valence electrons. The van der Waals surface area contributed by atoms with E-state index >= 15 is 0 Å². The second-order valence-corrected chi connectivity index (χ2v) is 5.54. The van der Waals surface area contributed by atoms with Crippen molar-refractivity contribution in [1.82, 2.24) is 4.98 Å². The van der Waals surface area contributed by atoms with Gasteiger partial charge in [0.05, 0.1) is 17.7 Å². The van der Waals surface area contributed by atoms with E-state index in [9.17, 15) is 9.18 Å². The smallest absolute Gasteiger partial charge is 0.376 e. The number of fused-ring (bicyclic) bond motifs is 1. The number of esters is 1. The Hall–Kier alpha value is -2.60. The molecule has 2 aromatic heterocycles. The summed E-state index contributed by atoms with van der Waals surface area (Å²) in [6, 6.07) is 4.72. The molecule has 7 heteroatoms. The van der Waals surface area contributed by atoms with E-state index < -0.39 is 11.8 Å². The van der Waals surface area contributed by atoms with Crippen LogP contribution in [-0.4, -0.2) is 17.6 Å². The van der Waals surface area contributed by atoms with Gasteiger partial charge in [0.2, 0.25) is 5.76 Å². The maximum atomic E-state index is 14.2. The van der Waals surface area contributed by atoms with Crippen molar-refractivity contribution in [3.8, 4) is 0 Å². The van der Waals surface area contributed by atoms with E-state index in [-0.39, 0.29) is 34.3 Å². The molecule has 1 aromatic carbocycles. The molecule has 3 aromatic rings. The van der Waals surface area contributed by atoms with Crippen molar-refractivity contribution in [3.05, 3.63) is 52.8 Å². The van der Waals surface area contributed by atoms with Crippen molar-refractivity contribution in [2.24, 2.45) is 0 Å². The van der Waals surface area contributed by atoms with Crippen LogP contribution < -0.4 is 5.32 Å². The summed E-state index contributed by atoms with van der Waals surface area (Å²) >= 11 is 6.07. The van der Waals surface area contributed by atoms with E-state index in [4.69, 9.17) is 20.8 Å². The molecule has 0 saturated heterocycles. The van der Waals surface area contributed by atoms with Gasteiger partial charge < -0.3 is 14.5 Å². The molecule has 0 aliphatic heterocycles. The summed E-state index contributed by atoms with van der Waals surface area (Å²) in [7, 11) is 0. The Morgan fingerprint density at radius 1 is 1.42 bits per heavy atom. The summed E-state index contributed by atoms with van der Waals surface area (Å²) < 4.78 is 24.7. The first-order chi connectivity index (χ1) is 11.5. The molecule has 0 radical (unpaired) electrons. The second kappa shape index (κ2) is 6.49. The summed E-state index contributed by atoms with van der Waals surface area (Å²) in [5.74, 6) is -1.20. The fourth-order valence-electron chi connectivity index (χ4n) is 2.30. The molecule has 0 aliphatic carbocycles. The first-order valence-electron chi connectivity index (χ1n) is 7.27. The van der Waals surface area contributed by atoms with Crippen LogP contribution >= 0.6 is 11.6 Å². The van der Waals surface area contributed by atoms with Crippen LogP contribution in [0.15, 0.2) is 35.0 Å². The van der Waals surface area contributed by atoms with Gasteiger partial charge in [0.15, 0.2) is 5.58 Å². The molecule has 0 fully saturated rings. The highest BCUT2D eigenvalue weighted by Gasteiger charge is 2.24. The van der Waals surface area contributed by atoms with Gasteiger partial charge in [0.1, 0.15) is 16.5 Å². The Bertz CT molecular complexity index is 924. The largest absolute Gasteiger partial charge is 0.460 e. The monoisotopic (exact) mass is 348 g/mol. The lowest BCUT2D eigenvalue weighted by Gasteiger charge is -2.08. The molecule has 0 spiro atoms. The number of aryl methyl sites for hydroxylation is 1. The number of anilines is 2. The van der Waals surface area contributed by atoms with Gasteiger partial charge in [-0.05, 0) is 31.5 Å². The summed E-state index contributed by atoms with van der Waals surface area (Å²) in [6.07, 6.45) is 2.89. The zero-order valence-corrected chi connectivity index (χ0v) is 13.8. The normalized spacial score (nSPS) is 10.8. The SMILES string of the molecule is CCOC(=O)c1oc2c(Cl)cncc2c1Nc1ccc(C)cc1F. The van der Waals surface area contributed by atoms with Gasteiger partial charge in [-0.2, -0.15) is 0 Å². The Morgan fingerprint density at radius 2 is 2.21 bits per heavy atom. The molecular weight excluding hydrogens is 335 g/mol. The summed E-state index contributed by atoms with van der Waals surface area (Å²) in [4.78, 5) is 16.2. The number of nitrogens with zero attached hydrogens (tertiary/aromatic N) is 1. The molecule has 0 saturated carbocycles. The molecular formula is C17H14ClFN2O3. The molecule has 3 rings (SSSR count). The number of furan rings is 1. The Balaban J connectivity index is 2.15. The molecule has 2 heterocycles. The third-order valence-corrected chi connectivity index (χ3v) is 3.67. The number of halogens is 2. The molecule has 24 heavy (non-hydrogen) atoms. The fourth-order valence-corrected chi connectivity index (χ4v) is 2.50. The first-order valence-corrected chi connectivity index (χ1v) is 7.65. The second-order valence-electron chi connectivity index (χ2n) is 5.13. The van der Waals surface area contributed by atoms with E-state index in [0.29, 0.717) is 5.39 Å². The highest BCUT2D eigenvalue weighted by molar-refractivity contribution is 6.35. The first kappa shape index (κ1) is 16.3. The van der Waals surface area contributed by atoms with Gasteiger partial charge in [0, 0.05) is 12.4 Å². The number of hydrogen-bond acceptors (Lipinski definition) is 5. The molecule has 5 nitrogen and oxygen atoms in total. The molecule has 0 aliphatic rings. The van der Waals surface area contributed by atoms with Crippen molar-refractivity contribution >= 4 is 39.9 Å². The maximum absolute atomic E-state index is 14.2. The molecule has 1 N–H and O–H groups in total. The van der Waals surface area contributed by atoms with Crippen LogP contribution in [0, 0.1) is 12.7 Å². The van der Waals surface area contributed by atoms with Crippen molar-refractivity contribution < 1.29 is 18.3 Å². The van der Waals surface area contributed by atoms with Gasteiger partial charge in [0.25, 0.3) is 0 Å². The number of rotatable bonds is 4. The van der Waals surface area contributed by atoms with Crippen LogP contribution in [0.1, 0.15) is 23.0 Å². The number of carbonyl (C=O) groups is 1. The van der Waals surface area contributed by atoms with Crippen LogP contribution in [0.5, 0.6) is 0 Å². The highest BCUT2D eigenvalue weighted by Crippen LogP contribution is 2.37. The van der Waals surface area contributed by atoms with Crippen LogP contribution in [0.3, 0.4) is 0 Å². The molecule has 0 atom stereocenters. The summed E-state index contributed by atoms with van der Waals surface area (Å²) in [5.41, 5.74) is 1.53. The van der Waals surface area contributed by atoms with Gasteiger partial charge in [-0.3, -0.25) is 4.98 Å². The average Bonchev–Trinajstić information content (AvgIpc) is 2.90. The number of pyridine rings is 1. The molecule has 0 bridgehead atoms. The summed E-state index contributed by atoms with van der Waals surface area (Å²) in [6.45, 7) is 3.65. The number of hydrogen-bond donors (Lipinski definition) is 1. The van der Waals surface area contributed by atoms with Gasteiger partial charge in [-0.25, -0.2) is 9.18 Å². The van der Waals surface area contributed by atoms with E-state index in [1.807, 2.05) is 0 Å². The average molecular weight is 349 g/mol. The standard InChI is InChI=1S/C17H14ClFN2O3/c1-3-23-17(22)16-14(10-7-20-8-11(18)15(10)24-16)21-13-5-4-9(2)6-12(13)19/h4-8,21H,3H2,1-2H3. The van der Waals surface area contributed by atoms with Gasteiger partial charge in [-0.15, -0.1) is 0 Å². The highest BCUT2D eigenvalue weighted by atomic mass is 35.5. The van der Waals surface area contributed by atoms with Crippen molar-refractivity contribution in [1.29, 1.82) is 0 Å². The number of benzene rings is 1. The quantitative estimate of drug-likeness (QED) is 0.683. The minimum Gasteiger partial charge on any atom is -0.460 e. The van der Waals surface area contributed by atoms with E-state index in [0.717, 1.165) is 5.56 Å². The van der Waals surface area contributed by atoms with E-state index in [1.165, 1.54) is 18.5 Å². The van der Waals surface area contributed by atoms with Gasteiger partial charge >= 0.3 is 5.97 Å². The van der Waals surface area contributed by atoms with Gasteiger partial charge in [-0.1, -0.05) is 17.7 Å². The van der Waals surface area contributed by atoms with Crippen LogP contribution in [-0.2, 0) is 4.74 Å². The zero-order chi connectivity index (χ0) is 17.3. The zero-order valence-electron chi connectivity index (χ0n) is 13.0. The van der Waals surface area contributed by atoms with Crippen LogP contribution in [0.4, 0.5) is 15.8 Å². The minimum atomic E-state index is -0.667. The lowest BCUT2D eigenvalue weighted by Crippen LogP contribution is -2.06. The predicted molar refractivity (Wildman–Crippen MR) is 89.4 cm³/mol. The number of ether oxygens (including phenoxy) is 1. The lowest BCUT2D eigenvalue weighted by molar-refractivity contribution is 0.0494. The van der Waals surface area contributed by atoms with Crippen molar-refractivity contribution in [2.75, 3.05) is 11.9 Å². The third kappa shape index (κ3) is 2.92. The van der Waals surface area contributed by atoms with E-state index in [2.05, 4.69) is 10.3 Å². The van der Waals surface area contributed by atoms with Crippen molar-refractivity contribution in [2.45, 2.75) is 13.8 Å². The summed E-state index contributed by atoms with van der Waals surface area (Å²) in [5, 5.41) is 3.60. The van der Waals surface area contributed by atoms with Crippen LogP contribution in [0.2, 0.25) is 5.02 Å². The molecule has 0 amide bonds. The maximum Gasteiger partial charge on any atom is 0.376 e. The number of carbonyl (C=O) groups excluding carboxylic acids is 1. The predicted octanol–water partition coefficient (Wildman–Crippen LogP) is 4.85. The Kier molecular flexibility index (Phi) is 4.40. The topological polar surface area (TPSA) is 64.4 Å². The Labute approximate surface area is 142 Å². The van der Waals surface area contributed by atoms with Crippen LogP contribution in [0.25, 0.3) is 11.0 Å². The lowest BCUT2D eigenvalue weighted by atomic mass is 10.2. The number of aromatic nitrogens is 1. The molecule has 0 unspecified atom stereocenters. The van der Waals surface area contributed by atoms with Crippen molar-refractivity contribution in [3.63, 3.8) is 0 Å². The fraction of sp³-hybridized carbons (Fsp3) is 0.176. The number of nitrogens with one attached hydrogen (secondary N) is 1. The van der Waals surface area contributed by atoms with E-state index in [1.54, 1.807) is 26.0 Å². The minimum absolute atomic E-state index is 0.0817. The third-order valence-electron chi connectivity index (χ3n) is 3.40.